The molecule has 1 aliphatic heterocycles. The molecular formula is C20H23N5O. The van der Waals surface area contributed by atoms with E-state index in [-0.39, 0.29) is 11.8 Å². The lowest BCUT2D eigenvalue weighted by Gasteiger charge is -2.23. The van der Waals surface area contributed by atoms with E-state index in [0.29, 0.717) is 12.2 Å². The van der Waals surface area contributed by atoms with Crippen molar-refractivity contribution in [3.63, 3.8) is 0 Å². The Bertz CT molecular complexity index is 968. The number of hydrogen-bond acceptors (Lipinski definition) is 3. The van der Waals surface area contributed by atoms with Crippen LogP contribution in [0.15, 0.2) is 24.4 Å². The number of benzene rings is 1. The van der Waals surface area contributed by atoms with Crippen molar-refractivity contribution < 1.29 is 4.79 Å². The second-order valence-corrected chi connectivity index (χ2v) is 7.04. The molecule has 0 aliphatic carbocycles. The molecule has 0 saturated heterocycles. The first-order chi connectivity index (χ1) is 12.6. The fraction of sp³-hybridized carbons (Fsp3) is 0.350. The second kappa shape index (κ2) is 6.44. The number of anilines is 1. The molecule has 3 heterocycles. The molecule has 1 atom stereocenters. The lowest BCUT2D eigenvalue weighted by molar-refractivity contribution is -0.116. The summed E-state index contributed by atoms with van der Waals surface area (Å²) in [5.41, 5.74) is 7.74. The van der Waals surface area contributed by atoms with Crippen molar-refractivity contribution in [1.29, 1.82) is 0 Å². The van der Waals surface area contributed by atoms with Crippen molar-refractivity contribution in [1.82, 2.24) is 20.4 Å². The number of carbonyl (C=O) groups is 1. The SMILES string of the molecule is CCCc1[nH]nc2c1[C@@H](c1cn[nH]c1-c1cc(C)ccc1C)CC(=O)N2. The highest BCUT2D eigenvalue weighted by Gasteiger charge is 2.33. The van der Waals surface area contributed by atoms with E-state index in [9.17, 15) is 4.79 Å². The third-order valence-corrected chi connectivity index (χ3v) is 5.09. The first kappa shape index (κ1) is 16.6. The molecule has 2 aromatic heterocycles. The Morgan fingerprint density at radius 3 is 2.88 bits per heavy atom. The zero-order valence-corrected chi connectivity index (χ0v) is 15.3. The van der Waals surface area contributed by atoms with E-state index in [1.54, 1.807) is 0 Å². The maximum Gasteiger partial charge on any atom is 0.226 e. The fourth-order valence-electron chi connectivity index (χ4n) is 3.81. The number of nitrogens with zero attached hydrogens (tertiary/aromatic N) is 2. The van der Waals surface area contributed by atoms with Crippen molar-refractivity contribution in [3.8, 4) is 11.3 Å². The van der Waals surface area contributed by atoms with Gasteiger partial charge < -0.3 is 5.32 Å². The summed E-state index contributed by atoms with van der Waals surface area (Å²) in [7, 11) is 0. The van der Waals surface area contributed by atoms with Gasteiger partial charge in [-0.15, -0.1) is 0 Å². The summed E-state index contributed by atoms with van der Waals surface area (Å²) >= 11 is 0. The third-order valence-electron chi connectivity index (χ3n) is 5.09. The van der Waals surface area contributed by atoms with E-state index in [0.717, 1.165) is 40.9 Å². The first-order valence-corrected chi connectivity index (χ1v) is 9.06. The number of carbonyl (C=O) groups excluding carboxylic acids is 1. The molecule has 4 rings (SSSR count). The quantitative estimate of drug-likeness (QED) is 0.669. The van der Waals surface area contributed by atoms with Crippen LogP contribution in [0, 0.1) is 13.8 Å². The molecule has 1 amide bonds. The predicted molar refractivity (Wildman–Crippen MR) is 101 cm³/mol. The number of rotatable bonds is 4. The molecule has 6 nitrogen and oxygen atoms in total. The Kier molecular flexibility index (Phi) is 4.11. The molecule has 0 saturated carbocycles. The number of fused-ring (bicyclic) bond motifs is 1. The van der Waals surface area contributed by atoms with Crippen LogP contribution >= 0.6 is 0 Å². The zero-order valence-electron chi connectivity index (χ0n) is 15.3. The summed E-state index contributed by atoms with van der Waals surface area (Å²) in [6, 6.07) is 6.39. The first-order valence-electron chi connectivity index (χ1n) is 9.06. The monoisotopic (exact) mass is 349 g/mol. The normalized spacial score (nSPS) is 16.4. The van der Waals surface area contributed by atoms with E-state index in [1.807, 2.05) is 6.20 Å². The Labute approximate surface area is 152 Å². The van der Waals surface area contributed by atoms with Gasteiger partial charge in [-0.1, -0.05) is 31.0 Å². The lowest BCUT2D eigenvalue weighted by Crippen LogP contribution is -2.24. The van der Waals surface area contributed by atoms with Gasteiger partial charge in [-0.05, 0) is 31.9 Å². The van der Waals surface area contributed by atoms with Crippen molar-refractivity contribution in [2.45, 2.75) is 46.0 Å². The maximum absolute atomic E-state index is 12.3. The average Bonchev–Trinajstić information content (AvgIpc) is 3.24. The van der Waals surface area contributed by atoms with Crippen LogP contribution in [0.4, 0.5) is 5.82 Å². The summed E-state index contributed by atoms with van der Waals surface area (Å²) in [5.74, 6) is 0.598. The van der Waals surface area contributed by atoms with Crippen LogP contribution < -0.4 is 5.32 Å². The van der Waals surface area contributed by atoms with Crippen molar-refractivity contribution in [3.05, 3.63) is 52.3 Å². The van der Waals surface area contributed by atoms with E-state index >= 15 is 0 Å². The number of amides is 1. The van der Waals surface area contributed by atoms with Gasteiger partial charge in [0.1, 0.15) is 0 Å². The number of aromatic amines is 2. The third kappa shape index (κ3) is 2.71. The minimum absolute atomic E-state index is 0.00911. The summed E-state index contributed by atoms with van der Waals surface area (Å²) in [6.45, 7) is 6.32. The Morgan fingerprint density at radius 2 is 2.08 bits per heavy atom. The minimum atomic E-state index is -0.0484. The minimum Gasteiger partial charge on any atom is -0.309 e. The van der Waals surface area contributed by atoms with Crippen LogP contribution in [0.2, 0.25) is 0 Å². The lowest BCUT2D eigenvalue weighted by atomic mass is 9.83. The highest BCUT2D eigenvalue weighted by molar-refractivity contribution is 5.94. The van der Waals surface area contributed by atoms with Gasteiger partial charge in [0.05, 0.1) is 11.9 Å². The molecule has 0 bridgehead atoms. The molecule has 134 valence electrons. The van der Waals surface area contributed by atoms with Crippen LogP contribution in [0.1, 0.15) is 53.6 Å². The molecule has 3 N–H and O–H groups in total. The number of aryl methyl sites for hydroxylation is 3. The number of aromatic nitrogens is 4. The molecule has 1 aliphatic rings. The maximum atomic E-state index is 12.3. The summed E-state index contributed by atoms with van der Waals surface area (Å²) in [4.78, 5) is 12.3. The summed E-state index contributed by atoms with van der Waals surface area (Å²) in [5, 5.41) is 17.8. The van der Waals surface area contributed by atoms with Gasteiger partial charge >= 0.3 is 0 Å². The Hall–Kier alpha value is -2.89. The number of hydrogen-bond donors (Lipinski definition) is 3. The van der Waals surface area contributed by atoms with E-state index < -0.39 is 0 Å². The number of H-pyrrole nitrogens is 2. The van der Waals surface area contributed by atoms with E-state index in [1.165, 1.54) is 11.1 Å². The van der Waals surface area contributed by atoms with Crippen molar-refractivity contribution >= 4 is 11.7 Å². The number of nitrogens with one attached hydrogen (secondary N) is 3. The highest BCUT2D eigenvalue weighted by Crippen LogP contribution is 2.42. The van der Waals surface area contributed by atoms with E-state index in [4.69, 9.17) is 0 Å². The molecule has 3 aromatic rings. The standard InChI is InChI=1S/C20H23N5O/c1-4-5-16-18-14(9-17(26)22-20(18)25-23-16)15-10-21-24-19(15)13-8-11(2)6-7-12(13)3/h6-8,10,14H,4-5,9H2,1-3H3,(H,21,24)(H2,22,23,25,26)/t14-/m1/s1. The molecule has 0 fully saturated rings. The zero-order chi connectivity index (χ0) is 18.3. The molecule has 0 unspecified atom stereocenters. The average molecular weight is 349 g/mol. The van der Waals surface area contributed by atoms with Gasteiger partial charge in [-0.3, -0.25) is 15.0 Å². The molecule has 26 heavy (non-hydrogen) atoms. The largest absolute Gasteiger partial charge is 0.309 e. The van der Waals surface area contributed by atoms with Crippen molar-refractivity contribution in [2.75, 3.05) is 5.32 Å². The Morgan fingerprint density at radius 1 is 1.23 bits per heavy atom. The topological polar surface area (TPSA) is 86.5 Å². The van der Waals surface area contributed by atoms with Gasteiger partial charge in [0.25, 0.3) is 0 Å². The predicted octanol–water partition coefficient (Wildman–Crippen LogP) is 3.84. The van der Waals surface area contributed by atoms with Crippen molar-refractivity contribution in [2.24, 2.45) is 0 Å². The summed E-state index contributed by atoms with van der Waals surface area (Å²) in [6.07, 6.45) is 4.18. The molecule has 0 radical (unpaired) electrons. The van der Waals surface area contributed by atoms with Gasteiger partial charge in [-0.2, -0.15) is 10.2 Å². The van der Waals surface area contributed by atoms with Crippen LogP contribution in [0.5, 0.6) is 0 Å². The van der Waals surface area contributed by atoms with Crippen LogP contribution in [0.3, 0.4) is 0 Å². The van der Waals surface area contributed by atoms with Gasteiger partial charge in [0, 0.05) is 34.7 Å². The molecule has 1 aromatic carbocycles. The Balaban J connectivity index is 1.86. The smallest absolute Gasteiger partial charge is 0.226 e. The van der Waals surface area contributed by atoms with Crippen LogP contribution in [-0.2, 0) is 11.2 Å². The summed E-state index contributed by atoms with van der Waals surface area (Å²) < 4.78 is 0. The second-order valence-electron chi connectivity index (χ2n) is 7.04. The van der Waals surface area contributed by atoms with Gasteiger partial charge in [-0.25, -0.2) is 0 Å². The van der Waals surface area contributed by atoms with Gasteiger partial charge in [0.2, 0.25) is 5.91 Å². The molecule has 0 spiro atoms. The molecular weight excluding hydrogens is 326 g/mol. The van der Waals surface area contributed by atoms with Gasteiger partial charge in [0.15, 0.2) is 5.82 Å². The molecule has 6 heteroatoms. The fourth-order valence-corrected chi connectivity index (χ4v) is 3.81. The highest BCUT2D eigenvalue weighted by atomic mass is 16.1. The van der Waals surface area contributed by atoms with E-state index in [2.05, 4.69) is 64.7 Å². The van der Waals surface area contributed by atoms with Crippen LogP contribution in [-0.4, -0.2) is 26.3 Å². The van der Waals surface area contributed by atoms with Crippen LogP contribution in [0.25, 0.3) is 11.3 Å².